The van der Waals surface area contributed by atoms with Crippen molar-refractivity contribution in [2.75, 3.05) is 11.4 Å². The second-order valence-corrected chi connectivity index (χ2v) is 6.84. The Morgan fingerprint density at radius 1 is 1.27 bits per heavy atom. The van der Waals surface area contributed by atoms with Crippen LogP contribution >= 0.6 is 0 Å². The van der Waals surface area contributed by atoms with Crippen LogP contribution in [0.2, 0.25) is 0 Å². The molecule has 2 N–H and O–H groups in total. The summed E-state index contributed by atoms with van der Waals surface area (Å²) in [4.78, 5) is 13.5. The third kappa shape index (κ3) is 3.02. The number of anilines is 1. The number of nitrogens with zero attached hydrogens (tertiary/aromatic N) is 2. The molecule has 2 heterocycles. The lowest BCUT2D eigenvalue weighted by Crippen LogP contribution is -2.24. The van der Waals surface area contributed by atoms with E-state index in [4.69, 9.17) is 0 Å². The van der Waals surface area contributed by atoms with Crippen LogP contribution in [0, 0.1) is 0 Å². The summed E-state index contributed by atoms with van der Waals surface area (Å²) >= 11 is 0. The van der Waals surface area contributed by atoms with Crippen LogP contribution in [0.4, 0.5) is 5.69 Å². The molecule has 116 valence electrons. The Balaban J connectivity index is 1.65. The first kappa shape index (κ1) is 14.7. The molecule has 2 aromatic rings. The van der Waals surface area contributed by atoms with Crippen molar-refractivity contribution in [2.24, 2.45) is 0 Å². The normalized spacial score (nSPS) is 15.5. The number of aromatic nitrogens is 2. The molecule has 1 aliphatic heterocycles. The van der Waals surface area contributed by atoms with Crippen molar-refractivity contribution in [3.63, 3.8) is 0 Å². The maximum Gasteiger partial charge on any atom is 0.243 e. The molecule has 0 aliphatic carbocycles. The van der Waals surface area contributed by atoms with Crippen LogP contribution in [0.15, 0.2) is 41.6 Å². The van der Waals surface area contributed by atoms with Gasteiger partial charge in [0.25, 0.3) is 0 Å². The molecule has 1 saturated heterocycles. The molecular formula is C14H16N4O3S. The largest absolute Gasteiger partial charge is 0.312 e. The van der Waals surface area contributed by atoms with Gasteiger partial charge in [0.2, 0.25) is 15.9 Å². The van der Waals surface area contributed by atoms with Gasteiger partial charge >= 0.3 is 0 Å². The van der Waals surface area contributed by atoms with Crippen molar-refractivity contribution in [1.82, 2.24) is 14.9 Å². The Bertz CT molecular complexity index is 754. The van der Waals surface area contributed by atoms with Crippen molar-refractivity contribution < 1.29 is 13.2 Å². The van der Waals surface area contributed by atoms with Crippen molar-refractivity contribution >= 4 is 21.6 Å². The molecule has 1 amide bonds. The number of hydrogen-bond acceptors (Lipinski definition) is 4. The summed E-state index contributed by atoms with van der Waals surface area (Å²) in [6.07, 6.45) is 4.05. The highest BCUT2D eigenvalue weighted by molar-refractivity contribution is 7.89. The first-order valence-corrected chi connectivity index (χ1v) is 8.42. The zero-order valence-electron chi connectivity index (χ0n) is 11.8. The molecule has 0 unspecified atom stereocenters. The zero-order chi connectivity index (χ0) is 15.6. The second-order valence-electron chi connectivity index (χ2n) is 5.07. The van der Waals surface area contributed by atoms with Crippen LogP contribution in [-0.4, -0.2) is 31.1 Å². The summed E-state index contributed by atoms with van der Waals surface area (Å²) in [5, 5.41) is 6.09. The first-order chi connectivity index (χ1) is 10.6. The van der Waals surface area contributed by atoms with Gasteiger partial charge in [0.15, 0.2) is 0 Å². The van der Waals surface area contributed by atoms with Crippen LogP contribution < -0.4 is 9.62 Å². The lowest BCUT2D eigenvalue weighted by atomic mass is 10.2. The number of carbonyl (C=O) groups excluding carboxylic acids is 1. The molecular weight excluding hydrogens is 304 g/mol. The van der Waals surface area contributed by atoms with Gasteiger partial charge in [-0.05, 0) is 24.1 Å². The van der Waals surface area contributed by atoms with E-state index in [-0.39, 0.29) is 17.3 Å². The van der Waals surface area contributed by atoms with E-state index in [9.17, 15) is 13.2 Å². The number of sulfonamides is 1. The Hall–Kier alpha value is -2.19. The summed E-state index contributed by atoms with van der Waals surface area (Å²) in [7, 11) is -3.56. The van der Waals surface area contributed by atoms with E-state index in [2.05, 4.69) is 14.9 Å². The van der Waals surface area contributed by atoms with E-state index >= 15 is 0 Å². The minimum absolute atomic E-state index is 0.104. The second kappa shape index (κ2) is 5.90. The highest BCUT2D eigenvalue weighted by Gasteiger charge is 2.21. The van der Waals surface area contributed by atoms with Crippen molar-refractivity contribution in [1.29, 1.82) is 0 Å². The summed E-state index contributed by atoms with van der Waals surface area (Å²) in [6, 6.07) is 7.31. The Kier molecular flexibility index (Phi) is 3.95. The van der Waals surface area contributed by atoms with Gasteiger partial charge < -0.3 is 4.90 Å². The Morgan fingerprint density at radius 3 is 2.64 bits per heavy atom. The van der Waals surface area contributed by atoms with Crippen molar-refractivity contribution in [3.8, 4) is 0 Å². The number of nitrogens with one attached hydrogen (secondary N) is 2. The molecule has 0 bridgehead atoms. The lowest BCUT2D eigenvalue weighted by molar-refractivity contribution is -0.117. The van der Waals surface area contributed by atoms with Gasteiger partial charge in [0.05, 0.1) is 6.20 Å². The van der Waals surface area contributed by atoms with E-state index in [1.54, 1.807) is 4.90 Å². The molecule has 0 radical (unpaired) electrons. The molecule has 1 aliphatic rings. The minimum atomic E-state index is -3.56. The summed E-state index contributed by atoms with van der Waals surface area (Å²) in [6.45, 7) is 0.924. The molecule has 1 aromatic heterocycles. The number of rotatable bonds is 5. The minimum Gasteiger partial charge on any atom is -0.312 e. The summed E-state index contributed by atoms with van der Waals surface area (Å²) in [5.74, 6) is 0.133. The zero-order valence-corrected chi connectivity index (χ0v) is 12.6. The van der Waals surface area contributed by atoms with E-state index < -0.39 is 10.0 Å². The quantitative estimate of drug-likeness (QED) is 0.859. The molecule has 1 aromatic carbocycles. The topological polar surface area (TPSA) is 95.2 Å². The molecule has 22 heavy (non-hydrogen) atoms. The Labute approximate surface area is 128 Å². The number of carbonyl (C=O) groups is 1. The maximum atomic E-state index is 12.0. The van der Waals surface area contributed by atoms with E-state index in [1.807, 2.05) is 24.3 Å². The number of benzene rings is 1. The molecule has 8 heteroatoms. The molecule has 1 fully saturated rings. The fourth-order valence-electron chi connectivity index (χ4n) is 2.36. The van der Waals surface area contributed by atoms with Gasteiger partial charge in [-0.2, -0.15) is 5.10 Å². The third-order valence-corrected chi connectivity index (χ3v) is 4.94. The third-order valence-electron chi connectivity index (χ3n) is 3.57. The predicted molar refractivity (Wildman–Crippen MR) is 80.6 cm³/mol. The van der Waals surface area contributed by atoms with Crippen LogP contribution in [0.1, 0.15) is 18.4 Å². The molecule has 3 rings (SSSR count). The SMILES string of the molecule is O=C1CCCN1c1ccc(CNS(=O)(=O)c2cn[nH]c2)cc1. The fraction of sp³-hybridized carbons (Fsp3) is 0.286. The average molecular weight is 320 g/mol. The molecule has 0 spiro atoms. The number of hydrogen-bond donors (Lipinski definition) is 2. The number of aromatic amines is 1. The standard InChI is InChI=1S/C14H16N4O3S/c19-14-2-1-7-18(14)12-5-3-11(4-6-12)8-17-22(20,21)13-9-15-16-10-13/h3-6,9-10,17H,1-2,7-8H2,(H,15,16). The lowest BCUT2D eigenvalue weighted by Gasteiger charge is -2.16. The van der Waals surface area contributed by atoms with Crippen molar-refractivity contribution in [2.45, 2.75) is 24.3 Å². The monoisotopic (exact) mass is 320 g/mol. The highest BCUT2D eigenvalue weighted by atomic mass is 32.2. The number of amides is 1. The summed E-state index contributed by atoms with van der Waals surface area (Å²) in [5.41, 5.74) is 1.67. The smallest absolute Gasteiger partial charge is 0.243 e. The van der Waals surface area contributed by atoms with Gasteiger partial charge in [0, 0.05) is 31.4 Å². The van der Waals surface area contributed by atoms with Crippen LogP contribution in [0.5, 0.6) is 0 Å². The van der Waals surface area contributed by atoms with Crippen LogP contribution in [-0.2, 0) is 21.4 Å². The van der Waals surface area contributed by atoms with Gasteiger partial charge in [-0.15, -0.1) is 0 Å². The van der Waals surface area contributed by atoms with Crippen molar-refractivity contribution in [3.05, 3.63) is 42.2 Å². The van der Waals surface area contributed by atoms with Crippen LogP contribution in [0.3, 0.4) is 0 Å². The van der Waals surface area contributed by atoms with Gasteiger partial charge in [-0.3, -0.25) is 9.89 Å². The Morgan fingerprint density at radius 2 is 2.05 bits per heavy atom. The molecule has 0 saturated carbocycles. The first-order valence-electron chi connectivity index (χ1n) is 6.94. The van der Waals surface area contributed by atoms with Gasteiger partial charge in [0.1, 0.15) is 4.90 Å². The van der Waals surface area contributed by atoms with Gasteiger partial charge in [-0.1, -0.05) is 12.1 Å². The van der Waals surface area contributed by atoms with E-state index in [0.717, 1.165) is 24.2 Å². The highest BCUT2D eigenvalue weighted by Crippen LogP contribution is 2.21. The predicted octanol–water partition coefficient (Wildman–Crippen LogP) is 1.01. The average Bonchev–Trinajstić information content (AvgIpc) is 3.17. The maximum absolute atomic E-state index is 12.0. The van der Waals surface area contributed by atoms with E-state index in [1.165, 1.54) is 12.4 Å². The van der Waals surface area contributed by atoms with Gasteiger partial charge in [-0.25, -0.2) is 13.1 Å². The molecule has 7 nitrogen and oxygen atoms in total. The van der Waals surface area contributed by atoms with Crippen LogP contribution in [0.25, 0.3) is 0 Å². The fourth-order valence-corrected chi connectivity index (χ4v) is 3.29. The summed E-state index contributed by atoms with van der Waals surface area (Å²) < 4.78 is 26.4. The molecule has 0 atom stereocenters. The van der Waals surface area contributed by atoms with E-state index in [0.29, 0.717) is 6.42 Å². The number of H-pyrrole nitrogens is 1.